The summed E-state index contributed by atoms with van der Waals surface area (Å²) in [7, 11) is 1.68. The van der Waals surface area contributed by atoms with E-state index in [1.54, 1.807) is 11.9 Å². The van der Waals surface area contributed by atoms with Gasteiger partial charge in [-0.25, -0.2) is 9.18 Å². The van der Waals surface area contributed by atoms with Gasteiger partial charge in [0, 0.05) is 32.2 Å². The molecular weight excluding hydrogens is 265 g/mol. The molecule has 0 spiro atoms. The molecule has 2 rings (SSSR count). The maximum Gasteiger partial charge on any atom is 0.328 e. The number of likely N-dealkylation sites (N-methyl/N-ethyl adjacent to an activating group) is 1. The molecule has 0 saturated carbocycles. The van der Waals surface area contributed by atoms with Gasteiger partial charge in [0.05, 0.1) is 0 Å². The topological polar surface area (TPSA) is 66.8 Å². The van der Waals surface area contributed by atoms with Crippen LogP contribution in [-0.2, 0) is 9.59 Å². The van der Waals surface area contributed by atoms with Gasteiger partial charge in [-0.05, 0) is 23.8 Å². The first-order chi connectivity index (χ1) is 9.45. The fraction of sp³-hybridized carbons (Fsp3) is 0.286. The van der Waals surface area contributed by atoms with E-state index < -0.39 is 17.9 Å². The Hall–Kier alpha value is -2.37. The van der Waals surface area contributed by atoms with Crippen molar-refractivity contribution in [3.05, 3.63) is 35.7 Å². The van der Waals surface area contributed by atoms with Gasteiger partial charge in [0.15, 0.2) is 6.10 Å². The molecule has 0 aromatic heterocycles. The Morgan fingerprint density at radius 3 is 2.85 bits per heavy atom. The van der Waals surface area contributed by atoms with Crippen molar-refractivity contribution in [3.63, 3.8) is 0 Å². The Bertz CT molecular complexity index is 570. The molecule has 6 heteroatoms. The van der Waals surface area contributed by atoms with E-state index in [9.17, 15) is 14.0 Å². The molecule has 1 atom stereocenters. The number of aliphatic carboxylic acids is 1. The zero-order valence-electron chi connectivity index (χ0n) is 10.9. The number of carboxylic acids is 1. The first-order valence-corrected chi connectivity index (χ1v) is 6.09. The quantitative estimate of drug-likeness (QED) is 0.849. The first-order valence-electron chi connectivity index (χ1n) is 6.09. The molecule has 20 heavy (non-hydrogen) atoms. The average Bonchev–Trinajstić information content (AvgIpc) is 2.68. The molecule has 1 aliphatic rings. The van der Waals surface area contributed by atoms with E-state index in [4.69, 9.17) is 9.84 Å². The monoisotopic (exact) mass is 279 g/mol. The van der Waals surface area contributed by atoms with Gasteiger partial charge in [-0.3, -0.25) is 4.79 Å². The van der Waals surface area contributed by atoms with Crippen LogP contribution in [0.1, 0.15) is 12.0 Å². The summed E-state index contributed by atoms with van der Waals surface area (Å²) in [6.45, 7) is 0.602. The maximum atomic E-state index is 13.4. The van der Waals surface area contributed by atoms with Crippen molar-refractivity contribution < 1.29 is 23.8 Å². The molecule has 1 aromatic carbocycles. The van der Waals surface area contributed by atoms with Gasteiger partial charge in [0.2, 0.25) is 0 Å². The predicted octanol–water partition coefficient (Wildman–Crippen LogP) is 1.53. The van der Waals surface area contributed by atoms with Crippen molar-refractivity contribution in [1.29, 1.82) is 0 Å². The van der Waals surface area contributed by atoms with Gasteiger partial charge < -0.3 is 14.7 Å². The molecule has 1 aliphatic heterocycles. The van der Waals surface area contributed by atoms with Crippen LogP contribution in [-0.4, -0.2) is 41.6 Å². The first kappa shape index (κ1) is 14.0. The second kappa shape index (κ2) is 5.73. The molecule has 0 aliphatic carbocycles. The van der Waals surface area contributed by atoms with E-state index in [0.717, 1.165) is 6.08 Å². The molecule has 1 saturated heterocycles. The van der Waals surface area contributed by atoms with Crippen molar-refractivity contribution >= 4 is 18.0 Å². The van der Waals surface area contributed by atoms with Crippen LogP contribution in [0.3, 0.4) is 0 Å². The second-order valence-corrected chi connectivity index (χ2v) is 4.55. The predicted molar refractivity (Wildman–Crippen MR) is 69.7 cm³/mol. The van der Waals surface area contributed by atoms with Crippen LogP contribution in [0, 0.1) is 5.82 Å². The number of halogens is 1. The number of amides is 1. The largest absolute Gasteiger partial charge is 0.480 e. The lowest BCUT2D eigenvalue weighted by atomic mass is 10.2. The van der Waals surface area contributed by atoms with Gasteiger partial charge in [0.25, 0.3) is 5.91 Å². The molecule has 1 aromatic rings. The SMILES string of the molecule is CN1CCC(Oc2cc(F)cc(/C=C/C(=O)O)c2)C1=O. The third-order valence-corrected chi connectivity index (χ3v) is 2.97. The molecule has 106 valence electrons. The smallest absolute Gasteiger partial charge is 0.328 e. The Balaban J connectivity index is 2.16. The number of carbonyl (C=O) groups is 2. The Morgan fingerprint density at radius 1 is 1.50 bits per heavy atom. The number of rotatable bonds is 4. The third kappa shape index (κ3) is 3.34. The number of carboxylic acid groups (broad SMARTS) is 1. The van der Waals surface area contributed by atoms with E-state index in [1.165, 1.54) is 24.3 Å². The average molecular weight is 279 g/mol. The number of ether oxygens (including phenoxy) is 1. The van der Waals surface area contributed by atoms with Crippen LogP contribution in [0.4, 0.5) is 4.39 Å². The van der Waals surface area contributed by atoms with Crippen LogP contribution < -0.4 is 4.74 Å². The van der Waals surface area contributed by atoms with Gasteiger partial charge >= 0.3 is 5.97 Å². The zero-order chi connectivity index (χ0) is 14.7. The Morgan fingerprint density at radius 2 is 2.25 bits per heavy atom. The van der Waals surface area contributed by atoms with Gasteiger partial charge in [0.1, 0.15) is 11.6 Å². The second-order valence-electron chi connectivity index (χ2n) is 4.55. The van der Waals surface area contributed by atoms with Gasteiger partial charge in [-0.1, -0.05) is 0 Å². The summed E-state index contributed by atoms with van der Waals surface area (Å²) >= 11 is 0. The summed E-state index contributed by atoms with van der Waals surface area (Å²) in [4.78, 5) is 23.7. The minimum absolute atomic E-state index is 0.142. The Labute approximate surface area is 115 Å². The number of hydrogen-bond donors (Lipinski definition) is 1. The van der Waals surface area contributed by atoms with Crippen LogP contribution in [0.15, 0.2) is 24.3 Å². The van der Waals surface area contributed by atoms with E-state index in [-0.39, 0.29) is 11.7 Å². The van der Waals surface area contributed by atoms with E-state index in [1.807, 2.05) is 0 Å². The molecule has 1 N–H and O–H groups in total. The minimum Gasteiger partial charge on any atom is -0.480 e. The number of hydrogen-bond acceptors (Lipinski definition) is 3. The summed E-state index contributed by atoms with van der Waals surface area (Å²) in [5, 5.41) is 8.55. The third-order valence-electron chi connectivity index (χ3n) is 2.97. The number of carbonyl (C=O) groups excluding carboxylic acids is 1. The molecule has 1 fully saturated rings. The van der Waals surface area contributed by atoms with Crippen LogP contribution in [0.25, 0.3) is 6.08 Å². The molecule has 1 heterocycles. The van der Waals surface area contributed by atoms with Crippen molar-refractivity contribution in [3.8, 4) is 5.75 Å². The van der Waals surface area contributed by atoms with E-state index in [2.05, 4.69) is 0 Å². The van der Waals surface area contributed by atoms with Crippen molar-refractivity contribution in [2.24, 2.45) is 0 Å². The fourth-order valence-electron chi connectivity index (χ4n) is 1.98. The Kier molecular flexibility index (Phi) is 4.02. The minimum atomic E-state index is -1.12. The summed E-state index contributed by atoms with van der Waals surface area (Å²) in [6, 6.07) is 3.85. The van der Waals surface area contributed by atoms with Crippen LogP contribution in [0.5, 0.6) is 5.75 Å². The standard InChI is InChI=1S/C14H14FNO4/c1-16-5-4-12(14(16)19)20-11-7-9(2-3-13(17)18)6-10(15)8-11/h2-3,6-8,12H,4-5H2,1H3,(H,17,18)/b3-2+. The highest BCUT2D eigenvalue weighted by molar-refractivity contribution is 5.85. The number of likely N-dealkylation sites (tertiary alicyclic amines) is 1. The fourth-order valence-corrected chi connectivity index (χ4v) is 1.98. The molecule has 0 bridgehead atoms. The van der Waals surface area contributed by atoms with Crippen LogP contribution >= 0.6 is 0 Å². The van der Waals surface area contributed by atoms with Crippen molar-refractivity contribution in [2.75, 3.05) is 13.6 Å². The normalized spacial score (nSPS) is 18.8. The van der Waals surface area contributed by atoms with Crippen molar-refractivity contribution in [2.45, 2.75) is 12.5 Å². The molecule has 0 radical (unpaired) electrons. The molecule has 1 unspecified atom stereocenters. The summed E-state index contributed by atoms with van der Waals surface area (Å²) in [5.41, 5.74) is 0.362. The summed E-state index contributed by atoms with van der Waals surface area (Å²) in [5.74, 6) is -1.60. The van der Waals surface area contributed by atoms with E-state index in [0.29, 0.717) is 18.5 Å². The van der Waals surface area contributed by atoms with Gasteiger partial charge in [-0.15, -0.1) is 0 Å². The molecule has 5 nitrogen and oxygen atoms in total. The lowest BCUT2D eigenvalue weighted by molar-refractivity contribution is -0.132. The number of benzene rings is 1. The molecular formula is C14H14FNO4. The highest BCUT2D eigenvalue weighted by Gasteiger charge is 2.30. The molecule has 1 amide bonds. The number of nitrogens with zero attached hydrogens (tertiary/aromatic N) is 1. The zero-order valence-corrected chi connectivity index (χ0v) is 10.9. The van der Waals surface area contributed by atoms with Crippen molar-refractivity contribution in [1.82, 2.24) is 4.90 Å². The van der Waals surface area contributed by atoms with Gasteiger partial charge in [-0.2, -0.15) is 0 Å². The lowest BCUT2D eigenvalue weighted by Gasteiger charge is -2.13. The van der Waals surface area contributed by atoms with Crippen LogP contribution in [0.2, 0.25) is 0 Å². The highest BCUT2D eigenvalue weighted by atomic mass is 19.1. The van der Waals surface area contributed by atoms with E-state index >= 15 is 0 Å². The summed E-state index contributed by atoms with van der Waals surface area (Å²) < 4.78 is 18.9. The lowest BCUT2D eigenvalue weighted by Crippen LogP contribution is -2.29. The summed E-state index contributed by atoms with van der Waals surface area (Å²) in [6.07, 6.45) is 2.11. The highest BCUT2D eigenvalue weighted by Crippen LogP contribution is 2.22. The maximum absolute atomic E-state index is 13.4.